The molecular formula is C20H27N7O. The summed E-state index contributed by atoms with van der Waals surface area (Å²) in [5, 5.41) is 9.55. The van der Waals surface area contributed by atoms with Crippen LogP contribution in [0.15, 0.2) is 16.9 Å². The van der Waals surface area contributed by atoms with E-state index in [0.29, 0.717) is 24.1 Å². The zero-order valence-electron chi connectivity index (χ0n) is 17.2. The molecule has 0 aliphatic carbocycles. The number of nitrogens with one attached hydrogen (secondary N) is 1. The van der Waals surface area contributed by atoms with Gasteiger partial charge in [-0.1, -0.05) is 0 Å². The summed E-state index contributed by atoms with van der Waals surface area (Å²) in [5.41, 5.74) is 3.93. The lowest BCUT2D eigenvalue weighted by Gasteiger charge is -2.26. The van der Waals surface area contributed by atoms with Crippen molar-refractivity contribution in [3.05, 3.63) is 45.1 Å². The number of anilines is 2. The molecule has 148 valence electrons. The van der Waals surface area contributed by atoms with Crippen LogP contribution >= 0.6 is 0 Å². The van der Waals surface area contributed by atoms with Gasteiger partial charge in [0.05, 0.1) is 22.6 Å². The van der Waals surface area contributed by atoms with Crippen molar-refractivity contribution in [2.45, 2.75) is 32.9 Å². The van der Waals surface area contributed by atoms with Crippen molar-refractivity contribution < 1.29 is 0 Å². The number of nitriles is 1. The number of hydrogen-bond donors (Lipinski definition) is 1. The number of hydrogen-bond acceptors (Lipinski definition) is 7. The van der Waals surface area contributed by atoms with Crippen LogP contribution in [-0.4, -0.2) is 60.1 Å². The van der Waals surface area contributed by atoms with Crippen LogP contribution in [0.1, 0.15) is 29.1 Å². The van der Waals surface area contributed by atoms with Gasteiger partial charge in [0.25, 0.3) is 5.56 Å². The van der Waals surface area contributed by atoms with E-state index >= 15 is 0 Å². The molecule has 1 N–H and O–H groups in total. The summed E-state index contributed by atoms with van der Waals surface area (Å²) in [6.45, 7) is 6.16. The Morgan fingerprint density at radius 1 is 1.29 bits per heavy atom. The predicted octanol–water partition coefficient (Wildman–Crippen LogP) is 1.43. The first-order valence-corrected chi connectivity index (χ1v) is 9.39. The first-order valence-electron chi connectivity index (χ1n) is 9.39. The summed E-state index contributed by atoms with van der Waals surface area (Å²) in [6, 6.07) is 6.18. The third kappa shape index (κ3) is 4.15. The summed E-state index contributed by atoms with van der Waals surface area (Å²) in [6.07, 6.45) is 0.992. The summed E-state index contributed by atoms with van der Waals surface area (Å²) in [4.78, 5) is 29.9. The maximum Gasteiger partial charge on any atom is 0.252 e. The van der Waals surface area contributed by atoms with Gasteiger partial charge in [0.15, 0.2) is 0 Å². The minimum atomic E-state index is -0.142. The molecule has 3 rings (SSSR count). The molecule has 1 unspecified atom stereocenters. The molecular weight excluding hydrogens is 354 g/mol. The fraction of sp³-hybridized carbons (Fsp3) is 0.500. The van der Waals surface area contributed by atoms with Gasteiger partial charge in [-0.25, -0.2) is 4.98 Å². The van der Waals surface area contributed by atoms with E-state index < -0.39 is 0 Å². The Labute approximate surface area is 165 Å². The van der Waals surface area contributed by atoms with Crippen LogP contribution in [-0.2, 0) is 6.54 Å². The largest absolute Gasteiger partial charge is 0.369 e. The minimum Gasteiger partial charge on any atom is -0.369 e. The molecule has 0 spiro atoms. The van der Waals surface area contributed by atoms with Crippen LogP contribution in [0.4, 0.5) is 11.6 Å². The fourth-order valence-electron chi connectivity index (χ4n) is 3.69. The predicted molar refractivity (Wildman–Crippen MR) is 110 cm³/mol. The highest BCUT2D eigenvalue weighted by molar-refractivity contribution is 5.62. The number of H-pyrrole nitrogens is 1. The molecule has 8 nitrogen and oxygen atoms in total. The number of pyridine rings is 1. The number of aromatic amines is 1. The Kier molecular flexibility index (Phi) is 5.66. The van der Waals surface area contributed by atoms with Crippen molar-refractivity contribution in [2.75, 3.05) is 44.0 Å². The van der Waals surface area contributed by atoms with Gasteiger partial charge in [0.1, 0.15) is 6.07 Å². The molecule has 0 amide bonds. The Hall–Kier alpha value is -2.92. The molecule has 2 aromatic rings. The number of rotatable bonds is 5. The van der Waals surface area contributed by atoms with E-state index in [0.717, 1.165) is 42.3 Å². The highest BCUT2D eigenvalue weighted by Gasteiger charge is 2.28. The van der Waals surface area contributed by atoms with E-state index in [-0.39, 0.29) is 5.56 Å². The number of aromatic nitrogens is 3. The first-order chi connectivity index (χ1) is 13.3. The monoisotopic (exact) mass is 381 g/mol. The molecule has 0 aromatic carbocycles. The maximum absolute atomic E-state index is 11.9. The molecule has 2 aromatic heterocycles. The second-order valence-electron chi connectivity index (χ2n) is 7.61. The number of aryl methyl sites for hydroxylation is 2. The van der Waals surface area contributed by atoms with Gasteiger partial charge in [-0.05, 0) is 33.4 Å². The summed E-state index contributed by atoms with van der Waals surface area (Å²) >= 11 is 0. The SMILES string of the molecule is Cc1cc(N2CCC(N(C)Cc3cc(=O)[nH]c(N(C)C)n3)C2)c(C#N)c(C)n1. The lowest BCUT2D eigenvalue weighted by molar-refractivity contribution is 0.247. The van der Waals surface area contributed by atoms with Gasteiger partial charge in [-0.2, -0.15) is 5.26 Å². The molecule has 0 bridgehead atoms. The highest BCUT2D eigenvalue weighted by atomic mass is 16.1. The summed E-state index contributed by atoms with van der Waals surface area (Å²) in [7, 11) is 5.76. The van der Waals surface area contributed by atoms with Crippen molar-refractivity contribution in [1.29, 1.82) is 5.26 Å². The molecule has 8 heteroatoms. The van der Waals surface area contributed by atoms with Crippen molar-refractivity contribution in [1.82, 2.24) is 19.9 Å². The van der Waals surface area contributed by atoms with Crippen molar-refractivity contribution in [2.24, 2.45) is 0 Å². The Balaban J connectivity index is 1.74. The lowest BCUT2D eigenvalue weighted by atomic mass is 10.1. The van der Waals surface area contributed by atoms with E-state index in [1.165, 1.54) is 0 Å². The second kappa shape index (κ2) is 7.98. The molecule has 28 heavy (non-hydrogen) atoms. The van der Waals surface area contributed by atoms with Crippen LogP contribution in [0.3, 0.4) is 0 Å². The average molecular weight is 381 g/mol. The van der Waals surface area contributed by atoms with Crippen LogP contribution < -0.4 is 15.4 Å². The van der Waals surface area contributed by atoms with Crippen LogP contribution in [0.2, 0.25) is 0 Å². The van der Waals surface area contributed by atoms with Crippen LogP contribution in [0.25, 0.3) is 0 Å². The van der Waals surface area contributed by atoms with Gasteiger partial charge >= 0.3 is 0 Å². The topological polar surface area (TPSA) is 92.2 Å². The fourth-order valence-corrected chi connectivity index (χ4v) is 3.69. The Morgan fingerprint density at radius 2 is 2.04 bits per heavy atom. The van der Waals surface area contributed by atoms with E-state index in [1.54, 1.807) is 11.0 Å². The molecule has 0 saturated carbocycles. The van der Waals surface area contributed by atoms with E-state index in [1.807, 2.05) is 34.0 Å². The maximum atomic E-state index is 11.9. The van der Waals surface area contributed by atoms with Crippen molar-refractivity contribution in [3.8, 4) is 6.07 Å². The van der Waals surface area contributed by atoms with Gasteiger partial charge in [0.2, 0.25) is 5.95 Å². The molecule has 1 saturated heterocycles. The zero-order valence-corrected chi connectivity index (χ0v) is 17.2. The molecule has 3 heterocycles. The second-order valence-corrected chi connectivity index (χ2v) is 7.61. The van der Waals surface area contributed by atoms with Gasteiger partial charge in [0, 0.05) is 51.5 Å². The standard InChI is InChI=1S/C20H27N7O/c1-13-8-18(17(10-21)14(2)22-13)27-7-6-16(12-27)26(5)11-15-9-19(28)24-20(23-15)25(3)4/h8-9,16H,6-7,11-12H2,1-5H3,(H,23,24,28). The summed E-state index contributed by atoms with van der Waals surface area (Å²) < 4.78 is 0. The quantitative estimate of drug-likeness (QED) is 0.837. The minimum absolute atomic E-state index is 0.142. The average Bonchev–Trinajstić information content (AvgIpc) is 3.10. The van der Waals surface area contributed by atoms with E-state index in [9.17, 15) is 10.1 Å². The van der Waals surface area contributed by atoms with Crippen molar-refractivity contribution in [3.63, 3.8) is 0 Å². The van der Waals surface area contributed by atoms with E-state index in [4.69, 9.17) is 0 Å². The zero-order chi connectivity index (χ0) is 20.4. The number of nitrogens with zero attached hydrogens (tertiary/aromatic N) is 6. The van der Waals surface area contributed by atoms with Gasteiger partial charge in [-0.15, -0.1) is 0 Å². The molecule has 0 radical (unpaired) electrons. The first kappa shape index (κ1) is 19.8. The highest BCUT2D eigenvalue weighted by Crippen LogP contribution is 2.28. The smallest absolute Gasteiger partial charge is 0.252 e. The van der Waals surface area contributed by atoms with Crippen molar-refractivity contribution >= 4 is 11.6 Å². The van der Waals surface area contributed by atoms with E-state index in [2.05, 4.69) is 37.9 Å². The molecule has 1 fully saturated rings. The number of likely N-dealkylation sites (N-methyl/N-ethyl adjacent to an activating group) is 1. The molecule has 1 aliphatic heterocycles. The Morgan fingerprint density at radius 3 is 2.71 bits per heavy atom. The third-order valence-corrected chi connectivity index (χ3v) is 5.16. The van der Waals surface area contributed by atoms with Gasteiger partial charge < -0.3 is 9.80 Å². The third-order valence-electron chi connectivity index (χ3n) is 5.16. The van der Waals surface area contributed by atoms with Crippen LogP contribution in [0, 0.1) is 25.2 Å². The molecule has 1 aliphatic rings. The Bertz CT molecular complexity index is 960. The lowest BCUT2D eigenvalue weighted by Crippen LogP contribution is -2.35. The normalized spacial score (nSPS) is 16.5. The summed E-state index contributed by atoms with van der Waals surface area (Å²) in [5.74, 6) is 0.561. The van der Waals surface area contributed by atoms with Crippen LogP contribution in [0.5, 0.6) is 0 Å². The molecule has 1 atom stereocenters. The van der Waals surface area contributed by atoms with Gasteiger partial charge in [-0.3, -0.25) is 19.7 Å².